The van der Waals surface area contributed by atoms with E-state index >= 15 is 0 Å². The Morgan fingerprint density at radius 2 is 1.90 bits per heavy atom. The summed E-state index contributed by atoms with van der Waals surface area (Å²) in [5.41, 5.74) is 0. The van der Waals surface area contributed by atoms with Gasteiger partial charge in [0.1, 0.15) is 5.01 Å². The molecule has 0 saturated carbocycles. The van der Waals surface area contributed by atoms with Gasteiger partial charge in [-0.1, -0.05) is 28.1 Å². The van der Waals surface area contributed by atoms with Crippen molar-refractivity contribution >= 4 is 46.8 Å². The smallest absolute Gasteiger partial charge is 0.392 e. The minimum Gasteiger partial charge on any atom is -0.395 e. The minimum atomic E-state index is -0.602. The summed E-state index contributed by atoms with van der Waals surface area (Å²) >= 11 is 3.16. The maximum atomic E-state index is 13.0. The number of aliphatic imine (C=N–C) groups is 1. The summed E-state index contributed by atoms with van der Waals surface area (Å²) < 4.78 is 3.07. The average molecular weight is 468 g/mol. The van der Waals surface area contributed by atoms with Crippen molar-refractivity contribution in [2.75, 3.05) is 65.7 Å². The lowest BCUT2D eigenvalue weighted by molar-refractivity contribution is -0.544. The number of hydrogen-bond donors (Lipinski definition) is 1. The molecular formula is C18H27N8O3S2+. The lowest BCUT2D eigenvalue weighted by Gasteiger charge is -2.33. The van der Waals surface area contributed by atoms with Gasteiger partial charge < -0.3 is 5.11 Å². The Bertz CT molecular complexity index is 923. The monoisotopic (exact) mass is 467 g/mol. The van der Waals surface area contributed by atoms with E-state index in [1.54, 1.807) is 30.1 Å². The largest absolute Gasteiger partial charge is 0.395 e. The molecule has 1 unspecified atom stereocenters. The molecule has 0 aliphatic carbocycles. The van der Waals surface area contributed by atoms with E-state index in [0.717, 1.165) is 47.2 Å². The molecule has 0 bridgehead atoms. The summed E-state index contributed by atoms with van der Waals surface area (Å²) in [6, 6.07) is -0.970. The van der Waals surface area contributed by atoms with Crippen LogP contribution < -0.4 is 0 Å². The Balaban J connectivity index is 1.58. The third-order valence-corrected chi connectivity index (χ3v) is 7.60. The van der Waals surface area contributed by atoms with Crippen molar-refractivity contribution in [1.29, 1.82) is 0 Å². The zero-order valence-electron chi connectivity index (χ0n) is 17.9. The van der Waals surface area contributed by atoms with Crippen LogP contribution in [0.25, 0.3) is 0 Å². The molecule has 11 nitrogen and oxygen atoms in total. The van der Waals surface area contributed by atoms with Gasteiger partial charge in [0, 0.05) is 39.5 Å². The van der Waals surface area contributed by atoms with Gasteiger partial charge in [0.25, 0.3) is 5.91 Å². The number of thioether (sulfide) groups is 1. The summed E-state index contributed by atoms with van der Waals surface area (Å²) in [5, 5.41) is 18.3. The molecule has 0 spiro atoms. The fourth-order valence-corrected chi connectivity index (χ4v) is 5.77. The normalized spacial score (nSPS) is 22.5. The second kappa shape index (κ2) is 9.18. The van der Waals surface area contributed by atoms with E-state index in [-0.39, 0.29) is 18.5 Å². The standard InChI is InChI=1S/C18H27N8O3S2/c1-12-20-21-17(31-12)30-11-9-26-13-14(22(2)18(29)23(3)15(13)28)19-16(26)25-6-4-24(5-7-25)8-10-27/h13,27H,4-11H2,1-3H3/q+1. The highest BCUT2D eigenvalue weighted by molar-refractivity contribution is 8.01. The minimum absolute atomic E-state index is 0.142. The zero-order chi connectivity index (χ0) is 22.1. The Kier molecular flexibility index (Phi) is 6.55. The maximum Gasteiger partial charge on any atom is 0.392 e. The number of imide groups is 1. The summed E-state index contributed by atoms with van der Waals surface area (Å²) in [7, 11) is 3.18. The van der Waals surface area contributed by atoms with E-state index in [4.69, 9.17) is 4.99 Å². The Morgan fingerprint density at radius 1 is 1.16 bits per heavy atom. The first-order valence-electron chi connectivity index (χ1n) is 10.2. The highest BCUT2D eigenvalue weighted by Crippen LogP contribution is 2.26. The molecule has 1 N–H and O–H groups in total. The number of aryl methyl sites for hydroxylation is 1. The number of nitrogens with zero attached hydrogens (tertiary/aromatic N) is 8. The van der Waals surface area contributed by atoms with Crippen LogP contribution in [0.15, 0.2) is 9.33 Å². The van der Waals surface area contributed by atoms with Gasteiger partial charge in [0.2, 0.25) is 11.9 Å². The van der Waals surface area contributed by atoms with Crippen LogP contribution in [0.1, 0.15) is 5.01 Å². The lowest BCUT2D eigenvalue weighted by Crippen LogP contribution is -2.63. The first-order chi connectivity index (χ1) is 14.9. The number of likely N-dealkylation sites (N-methyl/N-ethyl adjacent to an activating group) is 2. The molecule has 1 atom stereocenters. The van der Waals surface area contributed by atoms with Gasteiger partial charge in [0.05, 0.1) is 26.2 Å². The van der Waals surface area contributed by atoms with Crippen molar-refractivity contribution in [3.05, 3.63) is 5.01 Å². The first kappa shape index (κ1) is 22.1. The molecule has 1 aromatic heterocycles. The molecule has 4 heterocycles. The van der Waals surface area contributed by atoms with Crippen molar-refractivity contribution in [1.82, 2.24) is 29.8 Å². The predicted molar refractivity (Wildman–Crippen MR) is 118 cm³/mol. The summed E-state index contributed by atoms with van der Waals surface area (Å²) in [6.07, 6.45) is 0. The van der Waals surface area contributed by atoms with E-state index in [1.165, 1.54) is 16.8 Å². The van der Waals surface area contributed by atoms with E-state index < -0.39 is 6.04 Å². The van der Waals surface area contributed by atoms with E-state index in [9.17, 15) is 14.7 Å². The van der Waals surface area contributed by atoms with Crippen molar-refractivity contribution < 1.29 is 19.3 Å². The van der Waals surface area contributed by atoms with Crippen LogP contribution >= 0.6 is 23.1 Å². The molecule has 2 fully saturated rings. The van der Waals surface area contributed by atoms with Crippen LogP contribution in [-0.4, -0.2) is 135 Å². The Morgan fingerprint density at radius 3 is 2.55 bits per heavy atom. The number of amides is 3. The van der Waals surface area contributed by atoms with Gasteiger partial charge in [-0.25, -0.2) is 9.69 Å². The summed E-state index contributed by atoms with van der Waals surface area (Å²) in [4.78, 5) is 37.1. The molecule has 2 saturated heterocycles. The number of fused-ring (bicyclic) bond motifs is 1. The highest BCUT2D eigenvalue weighted by atomic mass is 32.2. The number of carbonyl (C=O) groups excluding carboxylic acids is 2. The number of aromatic nitrogens is 2. The maximum absolute atomic E-state index is 13.0. The number of aliphatic hydroxyl groups is 1. The SMILES string of the molecule is Cc1nnc(SCCN2C(=[N+]3CCN(CCO)CC3)N=C3C2C(=O)N(C)C(=O)N3C)s1. The number of aliphatic hydroxyl groups excluding tert-OH is 1. The van der Waals surface area contributed by atoms with Gasteiger partial charge in [-0.15, -0.1) is 10.2 Å². The van der Waals surface area contributed by atoms with Crippen LogP contribution in [0, 0.1) is 6.92 Å². The van der Waals surface area contributed by atoms with E-state index in [2.05, 4.69) is 19.7 Å². The molecule has 13 heteroatoms. The molecule has 0 aromatic carbocycles. The molecule has 4 rings (SSSR count). The number of β-amino-alcohol motifs (C(OH)–C–C–N with tert-alkyl or cyclic N) is 1. The molecule has 1 aromatic rings. The van der Waals surface area contributed by atoms with E-state index in [0.29, 0.717) is 18.9 Å². The molecule has 3 amide bonds. The second-order valence-corrected chi connectivity index (χ2v) is 10.1. The van der Waals surface area contributed by atoms with Gasteiger partial charge in [0.15, 0.2) is 4.34 Å². The molecule has 168 valence electrons. The van der Waals surface area contributed by atoms with Gasteiger partial charge in [-0.2, -0.15) is 0 Å². The number of amidine groups is 1. The van der Waals surface area contributed by atoms with Crippen molar-refractivity contribution in [2.24, 2.45) is 4.99 Å². The van der Waals surface area contributed by atoms with Gasteiger partial charge in [-0.3, -0.25) is 24.1 Å². The zero-order valence-corrected chi connectivity index (χ0v) is 19.5. The lowest BCUT2D eigenvalue weighted by atomic mass is 10.1. The highest BCUT2D eigenvalue weighted by Gasteiger charge is 2.55. The number of guanidine groups is 1. The fourth-order valence-electron chi connectivity index (χ4n) is 3.95. The Labute approximate surface area is 189 Å². The van der Waals surface area contributed by atoms with Gasteiger partial charge >= 0.3 is 12.0 Å². The number of hydrogen-bond acceptors (Lipinski definition) is 8. The van der Waals surface area contributed by atoms with Crippen molar-refractivity contribution in [3.8, 4) is 0 Å². The third-order valence-electron chi connectivity index (χ3n) is 5.65. The second-order valence-electron chi connectivity index (χ2n) is 7.59. The number of carbonyl (C=O) groups is 2. The van der Waals surface area contributed by atoms with Crippen LogP contribution in [0.2, 0.25) is 0 Å². The third kappa shape index (κ3) is 4.31. The Hall–Kier alpha value is -2.09. The van der Waals surface area contributed by atoms with Crippen LogP contribution in [-0.2, 0) is 4.79 Å². The number of urea groups is 1. The quantitative estimate of drug-likeness (QED) is 0.429. The number of piperazine rings is 1. The van der Waals surface area contributed by atoms with Crippen LogP contribution in [0.5, 0.6) is 0 Å². The van der Waals surface area contributed by atoms with Crippen LogP contribution in [0.3, 0.4) is 0 Å². The topological polar surface area (TPSA) is 108 Å². The molecule has 3 aliphatic heterocycles. The van der Waals surface area contributed by atoms with Crippen molar-refractivity contribution in [3.63, 3.8) is 0 Å². The van der Waals surface area contributed by atoms with E-state index in [1.807, 2.05) is 11.8 Å². The summed E-state index contributed by atoms with van der Waals surface area (Å²) in [5.74, 6) is 1.68. The molecule has 3 aliphatic rings. The van der Waals surface area contributed by atoms with Gasteiger partial charge in [-0.05, 0) is 6.92 Å². The average Bonchev–Trinajstić information content (AvgIpc) is 3.35. The number of rotatable bonds is 6. The molecular weight excluding hydrogens is 440 g/mol. The van der Waals surface area contributed by atoms with Crippen molar-refractivity contribution in [2.45, 2.75) is 17.3 Å². The first-order valence-corrected chi connectivity index (χ1v) is 12.0. The van der Waals surface area contributed by atoms with Crippen LogP contribution in [0.4, 0.5) is 4.79 Å². The molecule has 31 heavy (non-hydrogen) atoms. The fraction of sp³-hybridized carbons (Fsp3) is 0.667. The molecule has 0 radical (unpaired) electrons. The summed E-state index contributed by atoms with van der Waals surface area (Å²) in [6.45, 7) is 6.44. The predicted octanol–water partition coefficient (Wildman–Crippen LogP) is -0.778.